The first-order chi connectivity index (χ1) is 12.6. The average molecular weight is 357 g/mol. The van der Waals surface area contributed by atoms with Gasteiger partial charge in [0.05, 0.1) is 0 Å². The fraction of sp³-hybridized carbons (Fsp3) is 0.263. The van der Waals surface area contributed by atoms with E-state index in [2.05, 4.69) is 16.0 Å². The third kappa shape index (κ3) is 5.03. The molecule has 136 valence electrons. The molecule has 1 aliphatic rings. The molecule has 0 saturated carbocycles. The largest absolute Gasteiger partial charge is 0.368 e. The topological polar surface area (TPSA) is 79.5 Å². The number of urea groups is 1. The molecule has 1 fully saturated rings. The van der Waals surface area contributed by atoms with Crippen molar-refractivity contribution in [2.24, 2.45) is 0 Å². The van der Waals surface area contributed by atoms with Crippen LogP contribution >= 0.6 is 0 Å². The Kier molecular flexibility index (Phi) is 5.80. The number of anilines is 2. The molecule has 1 unspecified atom stereocenters. The second kappa shape index (κ2) is 8.44. The molecule has 3 amide bonds. The van der Waals surface area contributed by atoms with Gasteiger partial charge < -0.3 is 20.7 Å². The smallest absolute Gasteiger partial charge is 0.319 e. The zero-order valence-electron chi connectivity index (χ0n) is 14.1. The highest BCUT2D eigenvalue weighted by molar-refractivity contribution is 5.94. The fourth-order valence-corrected chi connectivity index (χ4v) is 2.66. The number of rotatable bonds is 5. The highest BCUT2D eigenvalue weighted by Crippen LogP contribution is 2.16. The molecule has 26 heavy (non-hydrogen) atoms. The van der Waals surface area contributed by atoms with E-state index < -0.39 is 12.1 Å². The Hall–Kier alpha value is -2.93. The number of benzene rings is 2. The van der Waals surface area contributed by atoms with Crippen LogP contribution in [0.2, 0.25) is 0 Å². The van der Waals surface area contributed by atoms with E-state index in [9.17, 15) is 14.0 Å². The normalized spacial score (nSPS) is 16.1. The van der Waals surface area contributed by atoms with E-state index >= 15 is 0 Å². The zero-order valence-corrected chi connectivity index (χ0v) is 14.1. The minimum atomic E-state index is -0.398. The fourth-order valence-electron chi connectivity index (χ4n) is 2.66. The maximum atomic E-state index is 12.9. The Labute approximate surface area is 150 Å². The first-order valence-electron chi connectivity index (χ1n) is 8.42. The van der Waals surface area contributed by atoms with Gasteiger partial charge in [0.15, 0.2) is 0 Å². The van der Waals surface area contributed by atoms with Crippen molar-refractivity contribution in [3.63, 3.8) is 0 Å². The van der Waals surface area contributed by atoms with Crippen LogP contribution < -0.4 is 16.0 Å². The van der Waals surface area contributed by atoms with Crippen LogP contribution in [0.1, 0.15) is 18.4 Å². The molecule has 7 heteroatoms. The Morgan fingerprint density at radius 3 is 2.62 bits per heavy atom. The number of nitrogens with one attached hydrogen (secondary N) is 3. The molecular formula is C19H20FN3O3. The first-order valence-corrected chi connectivity index (χ1v) is 8.42. The molecule has 3 N–H and O–H groups in total. The van der Waals surface area contributed by atoms with Gasteiger partial charge in [-0.05, 0) is 54.8 Å². The summed E-state index contributed by atoms with van der Waals surface area (Å²) in [4.78, 5) is 24.0. The van der Waals surface area contributed by atoms with Crippen molar-refractivity contribution < 1.29 is 18.7 Å². The lowest BCUT2D eigenvalue weighted by Crippen LogP contribution is -2.28. The van der Waals surface area contributed by atoms with Crippen molar-refractivity contribution in [1.82, 2.24) is 5.32 Å². The van der Waals surface area contributed by atoms with Crippen molar-refractivity contribution in [3.8, 4) is 0 Å². The van der Waals surface area contributed by atoms with Crippen LogP contribution in [0, 0.1) is 5.82 Å². The molecular weight excluding hydrogens is 337 g/mol. The highest BCUT2D eigenvalue weighted by atomic mass is 19.1. The number of hydrogen-bond donors (Lipinski definition) is 3. The Morgan fingerprint density at radius 2 is 1.88 bits per heavy atom. The summed E-state index contributed by atoms with van der Waals surface area (Å²) in [5.74, 6) is -0.514. The molecule has 0 radical (unpaired) electrons. The number of amides is 3. The summed E-state index contributed by atoms with van der Waals surface area (Å²) >= 11 is 0. The molecule has 0 aromatic heterocycles. The van der Waals surface area contributed by atoms with Gasteiger partial charge in [0.2, 0.25) is 0 Å². The number of carbonyl (C=O) groups is 2. The summed E-state index contributed by atoms with van der Waals surface area (Å²) < 4.78 is 18.2. The predicted molar refractivity (Wildman–Crippen MR) is 96.3 cm³/mol. The van der Waals surface area contributed by atoms with E-state index in [0.29, 0.717) is 18.0 Å². The summed E-state index contributed by atoms with van der Waals surface area (Å²) in [6.07, 6.45) is 1.24. The molecule has 1 aliphatic heterocycles. The third-order valence-corrected chi connectivity index (χ3v) is 3.97. The average Bonchev–Trinajstić information content (AvgIpc) is 3.17. The van der Waals surface area contributed by atoms with Gasteiger partial charge in [-0.25, -0.2) is 9.18 Å². The Morgan fingerprint density at radius 1 is 1.08 bits per heavy atom. The second-order valence-electron chi connectivity index (χ2n) is 6.01. The SMILES string of the molecule is O=C(NCc1cccc(NC(=O)C2CCCO2)c1)Nc1ccc(F)cc1. The Bertz CT molecular complexity index is 774. The van der Waals surface area contributed by atoms with Crippen LogP contribution in [0.15, 0.2) is 48.5 Å². The van der Waals surface area contributed by atoms with Gasteiger partial charge in [-0.2, -0.15) is 0 Å². The molecule has 2 aromatic carbocycles. The van der Waals surface area contributed by atoms with Gasteiger partial charge in [-0.15, -0.1) is 0 Å². The van der Waals surface area contributed by atoms with Gasteiger partial charge in [0, 0.05) is 24.5 Å². The quantitative estimate of drug-likeness (QED) is 0.768. The van der Waals surface area contributed by atoms with Crippen LogP contribution in [0.4, 0.5) is 20.6 Å². The summed E-state index contributed by atoms with van der Waals surface area (Å²) in [6, 6.07) is 12.4. The lowest BCUT2D eigenvalue weighted by atomic mass is 10.2. The highest BCUT2D eigenvalue weighted by Gasteiger charge is 2.23. The van der Waals surface area contributed by atoms with E-state index in [1.165, 1.54) is 24.3 Å². The van der Waals surface area contributed by atoms with Gasteiger partial charge in [-0.3, -0.25) is 4.79 Å². The molecule has 6 nitrogen and oxygen atoms in total. The van der Waals surface area contributed by atoms with Crippen LogP contribution in [0.25, 0.3) is 0 Å². The van der Waals surface area contributed by atoms with Gasteiger partial charge in [0.1, 0.15) is 11.9 Å². The van der Waals surface area contributed by atoms with E-state index in [-0.39, 0.29) is 18.3 Å². The van der Waals surface area contributed by atoms with Crippen molar-refractivity contribution in [2.75, 3.05) is 17.2 Å². The minimum absolute atomic E-state index is 0.151. The molecule has 3 rings (SSSR count). The molecule has 2 aromatic rings. The molecule has 0 aliphatic carbocycles. The maximum absolute atomic E-state index is 12.9. The zero-order chi connectivity index (χ0) is 18.4. The van der Waals surface area contributed by atoms with Crippen molar-refractivity contribution in [2.45, 2.75) is 25.5 Å². The lowest BCUT2D eigenvalue weighted by Gasteiger charge is -2.12. The Balaban J connectivity index is 1.50. The minimum Gasteiger partial charge on any atom is -0.368 e. The van der Waals surface area contributed by atoms with Crippen molar-refractivity contribution in [3.05, 3.63) is 59.9 Å². The van der Waals surface area contributed by atoms with Crippen LogP contribution in [0.3, 0.4) is 0 Å². The van der Waals surface area contributed by atoms with E-state index in [4.69, 9.17) is 4.74 Å². The molecule has 1 saturated heterocycles. The van der Waals surface area contributed by atoms with Crippen LogP contribution in [-0.4, -0.2) is 24.6 Å². The summed E-state index contributed by atoms with van der Waals surface area (Å²) in [6.45, 7) is 0.905. The number of ether oxygens (including phenoxy) is 1. The van der Waals surface area contributed by atoms with E-state index in [0.717, 1.165) is 18.4 Å². The predicted octanol–water partition coefficient (Wildman–Crippen LogP) is 3.26. The number of halogens is 1. The summed E-state index contributed by atoms with van der Waals surface area (Å²) in [7, 11) is 0. The van der Waals surface area contributed by atoms with Crippen molar-refractivity contribution >= 4 is 23.3 Å². The third-order valence-electron chi connectivity index (χ3n) is 3.97. The molecule has 1 atom stereocenters. The van der Waals surface area contributed by atoms with Crippen LogP contribution in [-0.2, 0) is 16.1 Å². The van der Waals surface area contributed by atoms with Crippen molar-refractivity contribution in [1.29, 1.82) is 0 Å². The molecule has 1 heterocycles. The number of carbonyl (C=O) groups excluding carboxylic acids is 2. The summed E-state index contributed by atoms with van der Waals surface area (Å²) in [5, 5.41) is 8.17. The second-order valence-corrected chi connectivity index (χ2v) is 6.01. The standard InChI is InChI=1S/C19H20FN3O3/c20-14-6-8-15(9-7-14)23-19(25)21-12-13-3-1-4-16(11-13)22-18(24)17-5-2-10-26-17/h1,3-4,6-9,11,17H,2,5,10,12H2,(H,22,24)(H2,21,23,25). The molecule has 0 bridgehead atoms. The van der Waals surface area contributed by atoms with E-state index in [1.807, 2.05) is 6.07 Å². The maximum Gasteiger partial charge on any atom is 0.319 e. The van der Waals surface area contributed by atoms with Crippen LogP contribution in [0.5, 0.6) is 0 Å². The van der Waals surface area contributed by atoms with Gasteiger partial charge >= 0.3 is 6.03 Å². The number of hydrogen-bond acceptors (Lipinski definition) is 3. The van der Waals surface area contributed by atoms with Gasteiger partial charge in [-0.1, -0.05) is 12.1 Å². The molecule has 0 spiro atoms. The van der Waals surface area contributed by atoms with Gasteiger partial charge in [0.25, 0.3) is 5.91 Å². The van der Waals surface area contributed by atoms with E-state index in [1.54, 1.807) is 18.2 Å². The monoisotopic (exact) mass is 357 g/mol. The summed E-state index contributed by atoms with van der Waals surface area (Å²) in [5.41, 5.74) is 2.00. The lowest BCUT2D eigenvalue weighted by molar-refractivity contribution is -0.124. The first kappa shape index (κ1) is 17.9.